The SMILES string of the molecule is C[n+]1cccc(NC([O-])=C2C=CC(=NC(O)=c3ccc(=C(O)Nc4ccc(N=CN=NC(=N)N)cc4)cc3)C=C2)c1.I.I. The highest BCUT2D eigenvalue weighted by Crippen LogP contribution is 2.17. The van der Waals surface area contributed by atoms with Gasteiger partial charge in [0.25, 0.3) is 0 Å². The number of aliphatic hydroxyl groups is 2. The van der Waals surface area contributed by atoms with Crippen molar-refractivity contribution in [3.05, 3.63) is 119 Å². The molecular formula is C29H29I2N9O3. The smallest absolute Gasteiger partial charge is 0.232 e. The molecule has 0 atom stereocenters. The molecule has 0 radical (unpaired) electrons. The number of nitrogens with two attached hydrogens (primary N) is 1. The number of allylic oxidation sites excluding steroid dienone is 5. The van der Waals surface area contributed by atoms with Crippen molar-refractivity contribution in [2.75, 3.05) is 10.6 Å². The summed E-state index contributed by atoms with van der Waals surface area (Å²) in [5.74, 6) is -0.965. The normalized spacial score (nSPS) is 11.9. The number of pyridine rings is 1. The summed E-state index contributed by atoms with van der Waals surface area (Å²) in [6, 6.07) is 17.0. The molecule has 0 aliphatic heterocycles. The number of halogens is 2. The maximum absolute atomic E-state index is 12.5. The van der Waals surface area contributed by atoms with Gasteiger partial charge in [0.05, 0.1) is 11.4 Å². The van der Waals surface area contributed by atoms with Gasteiger partial charge in [-0.05, 0) is 78.2 Å². The summed E-state index contributed by atoms with van der Waals surface area (Å²) < 4.78 is 1.84. The van der Waals surface area contributed by atoms with Gasteiger partial charge in [-0.25, -0.2) is 14.6 Å². The summed E-state index contributed by atoms with van der Waals surface area (Å²) in [5, 5.41) is 54.0. The summed E-state index contributed by atoms with van der Waals surface area (Å²) >= 11 is 0. The molecular weight excluding hydrogens is 776 g/mol. The van der Waals surface area contributed by atoms with Crippen LogP contribution in [-0.4, -0.2) is 28.2 Å². The monoisotopic (exact) mass is 805 g/mol. The van der Waals surface area contributed by atoms with Crippen molar-refractivity contribution in [2.24, 2.45) is 33.0 Å². The molecule has 2 aromatic carbocycles. The Morgan fingerprint density at radius 2 is 1.56 bits per heavy atom. The number of aromatic nitrogens is 1. The van der Waals surface area contributed by atoms with Crippen LogP contribution in [0.5, 0.6) is 0 Å². The molecule has 43 heavy (non-hydrogen) atoms. The number of anilines is 2. The minimum Gasteiger partial charge on any atom is -0.860 e. The highest BCUT2D eigenvalue weighted by molar-refractivity contribution is 14.0. The van der Waals surface area contributed by atoms with Crippen molar-refractivity contribution in [3.63, 3.8) is 0 Å². The fraction of sp³-hybridized carbons (Fsp3) is 0.0345. The van der Waals surface area contributed by atoms with Crippen molar-refractivity contribution in [2.45, 2.75) is 0 Å². The van der Waals surface area contributed by atoms with Gasteiger partial charge in [0.15, 0.2) is 18.3 Å². The number of hydrogen-bond acceptors (Lipinski definition) is 8. The number of guanidine groups is 1. The largest absolute Gasteiger partial charge is 0.860 e. The van der Waals surface area contributed by atoms with Crippen LogP contribution in [0.15, 0.2) is 129 Å². The Morgan fingerprint density at radius 1 is 0.907 bits per heavy atom. The van der Waals surface area contributed by atoms with E-state index in [1.165, 1.54) is 6.34 Å². The van der Waals surface area contributed by atoms with Crippen molar-refractivity contribution in [1.82, 2.24) is 0 Å². The summed E-state index contributed by atoms with van der Waals surface area (Å²) in [5.41, 5.74) is 7.89. The first kappa shape index (κ1) is 34.6. The van der Waals surface area contributed by atoms with Crippen LogP contribution in [0.1, 0.15) is 0 Å². The molecule has 0 saturated heterocycles. The molecule has 222 valence electrons. The van der Waals surface area contributed by atoms with Gasteiger partial charge >= 0.3 is 0 Å². The molecule has 1 aliphatic carbocycles. The fourth-order valence-corrected chi connectivity index (χ4v) is 3.54. The maximum Gasteiger partial charge on any atom is 0.232 e. The van der Waals surface area contributed by atoms with Crippen LogP contribution >= 0.6 is 48.0 Å². The number of hydrogen-bond donors (Lipinski definition) is 6. The van der Waals surface area contributed by atoms with E-state index in [4.69, 9.17) is 11.1 Å². The molecule has 12 nitrogen and oxygen atoms in total. The molecule has 0 unspecified atom stereocenters. The van der Waals surface area contributed by atoms with Crippen molar-refractivity contribution < 1.29 is 19.9 Å². The van der Waals surface area contributed by atoms with Gasteiger partial charge in [-0.15, -0.1) is 58.2 Å². The Kier molecular flexibility index (Phi) is 13.5. The second-order valence-electron chi connectivity index (χ2n) is 8.64. The van der Waals surface area contributed by atoms with Crippen LogP contribution < -0.4 is 36.5 Å². The lowest BCUT2D eigenvalue weighted by Crippen LogP contribution is -2.27. The topological polar surface area (TPSA) is 191 Å². The van der Waals surface area contributed by atoms with Gasteiger partial charge in [-0.1, -0.05) is 12.2 Å². The lowest BCUT2D eigenvalue weighted by Gasteiger charge is -2.18. The molecule has 1 heterocycles. The van der Waals surface area contributed by atoms with E-state index in [9.17, 15) is 15.3 Å². The Labute approximate surface area is 281 Å². The van der Waals surface area contributed by atoms with E-state index < -0.39 is 5.96 Å². The average Bonchev–Trinajstić information content (AvgIpc) is 2.96. The summed E-state index contributed by atoms with van der Waals surface area (Å²) in [7, 11) is 1.87. The van der Waals surface area contributed by atoms with Crippen LogP contribution in [0, 0.1) is 5.41 Å². The van der Waals surface area contributed by atoms with Crippen molar-refractivity contribution in [3.8, 4) is 0 Å². The minimum absolute atomic E-state index is 0. The van der Waals surface area contributed by atoms with Crippen LogP contribution in [-0.2, 0) is 7.05 Å². The molecule has 0 saturated carbocycles. The van der Waals surface area contributed by atoms with E-state index in [0.29, 0.717) is 38.8 Å². The maximum atomic E-state index is 12.5. The number of rotatable bonds is 7. The van der Waals surface area contributed by atoms with Crippen LogP contribution in [0.3, 0.4) is 0 Å². The number of aliphatic imine (C=N–C) groups is 2. The highest BCUT2D eigenvalue weighted by atomic mass is 127. The third-order valence-electron chi connectivity index (χ3n) is 5.53. The first-order chi connectivity index (χ1) is 19.8. The molecule has 1 aromatic heterocycles. The first-order valence-electron chi connectivity index (χ1n) is 12.2. The predicted molar refractivity (Wildman–Crippen MR) is 188 cm³/mol. The lowest BCUT2D eigenvalue weighted by molar-refractivity contribution is -0.670. The molecule has 0 spiro atoms. The van der Waals surface area contributed by atoms with Gasteiger partial charge < -0.3 is 31.7 Å². The molecule has 14 heteroatoms. The zero-order chi connectivity index (χ0) is 29.2. The number of aliphatic hydroxyl groups excluding tert-OH is 2. The van der Waals surface area contributed by atoms with E-state index in [1.54, 1.807) is 85.1 Å². The van der Waals surface area contributed by atoms with Gasteiger partial charge in [-0.2, -0.15) is 0 Å². The Bertz CT molecular complexity index is 1720. The standard InChI is InChI=1S/C29H27N9O3.2HI/c1-38-16-2-3-25(17-38)36-28(41)21-8-10-23(11-9-21)34-26(39)19-4-6-20(7-5-19)27(40)35-24-14-12-22(13-15-24)32-18-33-37-29(30)31;;/h2-18H,1H3,(H7-,30,31,32,33,34,35,36,37,39,40,41);2*1H. The van der Waals surface area contributed by atoms with Gasteiger partial charge in [-0.3, -0.25) is 5.41 Å². The predicted octanol–water partition coefficient (Wildman–Crippen LogP) is 3.36. The van der Waals surface area contributed by atoms with Crippen LogP contribution in [0.25, 0.3) is 11.8 Å². The summed E-state index contributed by atoms with van der Waals surface area (Å²) in [6.45, 7) is 0. The lowest BCUT2D eigenvalue weighted by atomic mass is 10.1. The number of nitrogens with one attached hydrogen (secondary N) is 3. The Balaban J connectivity index is 0.00000323. The van der Waals surface area contributed by atoms with Gasteiger partial charge in [0.1, 0.15) is 19.1 Å². The Hall–Kier alpha value is -4.58. The Morgan fingerprint density at radius 3 is 2.19 bits per heavy atom. The van der Waals surface area contributed by atoms with E-state index in [2.05, 4.69) is 30.8 Å². The van der Waals surface area contributed by atoms with E-state index in [-0.39, 0.29) is 65.6 Å². The number of nitrogens with zero attached hydrogens (tertiary/aromatic N) is 5. The third-order valence-corrected chi connectivity index (χ3v) is 5.53. The minimum atomic E-state index is -0.413. The van der Waals surface area contributed by atoms with Crippen molar-refractivity contribution in [1.29, 1.82) is 5.41 Å². The van der Waals surface area contributed by atoms with Crippen molar-refractivity contribution >= 4 is 94.8 Å². The zero-order valence-electron chi connectivity index (χ0n) is 22.7. The zero-order valence-corrected chi connectivity index (χ0v) is 27.4. The third kappa shape index (κ3) is 10.6. The molecule has 7 N–H and O–H groups in total. The van der Waals surface area contributed by atoms with E-state index in [0.717, 1.165) is 0 Å². The van der Waals surface area contributed by atoms with Crippen LogP contribution in [0.2, 0.25) is 0 Å². The van der Waals surface area contributed by atoms with E-state index >= 15 is 0 Å². The fourth-order valence-electron chi connectivity index (χ4n) is 3.54. The van der Waals surface area contributed by atoms with Gasteiger partial charge in [0.2, 0.25) is 11.8 Å². The molecule has 4 rings (SSSR count). The molecule has 3 aromatic rings. The second kappa shape index (κ2) is 16.8. The van der Waals surface area contributed by atoms with Crippen LogP contribution in [0.4, 0.5) is 17.1 Å². The number of benzene rings is 2. The number of aryl methyl sites for hydroxylation is 1. The average molecular weight is 805 g/mol. The van der Waals surface area contributed by atoms with E-state index in [1.807, 2.05) is 23.9 Å². The molecule has 1 aliphatic rings. The molecule has 0 fully saturated rings. The first-order valence-corrected chi connectivity index (χ1v) is 12.2. The van der Waals surface area contributed by atoms with Gasteiger partial charge in [0, 0.05) is 22.2 Å². The highest BCUT2D eigenvalue weighted by Gasteiger charge is 2.04. The summed E-state index contributed by atoms with van der Waals surface area (Å²) in [4.78, 5) is 8.28. The quantitative estimate of drug-likeness (QED) is 0.0530. The summed E-state index contributed by atoms with van der Waals surface area (Å²) in [6.07, 6.45) is 11.4. The molecule has 0 amide bonds. The number of azo groups is 1. The second-order valence-corrected chi connectivity index (χ2v) is 8.64. The molecule has 0 bridgehead atoms.